The molecule has 0 radical (unpaired) electrons. The van der Waals surface area contributed by atoms with Crippen molar-refractivity contribution in [1.82, 2.24) is 0 Å². The minimum Gasteiger partial charge on any atom is -0.481 e. The third kappa shape index (κ3) is 2.54. The van der Waals surface area contributed by atoms with Crippen LogP contribution >= 0.6 is 0 Å². The molecule has 0 aromatic heterocycles. The van der Waals surface area contributed by atoms with Gasteiger partial charge in [0, 0.05) is 18.3 Å². The van der Waals surface area contributed by atoms with Crippen LogP contribution in [-0.2, 0) is 9.59 Å². The van der Waals surface area contributed by atoms with Gasteiger partial charge in [0.1, 0.15) is 5.78 Å². The molecule has 0 heterocycles. The molecule has 1 rings (SSSR count). The highest BCUT2D eigenvalue weighted by atomic mass is 16.4. The summed E-state index contributed by atoms with van der Waals surface area (Å²) in [5, 5.41) is 8.53. The van der Waals surface area contributed by atoms with E-state index in [4.69, 9.17) is 5.11 Å². The summed E-state index contributed by atoms with van der Waals surface area (Å²) in [6, 6.07) is 0. The molecule has 1 fully saturated rings. The van der Waals surface area contributed by atoms with Gasteiger partial charge in [-0.1, -0.05) is 13.3 Å². The average molecular weight is 184 g/mol. The van der Waals surface area contributed by atoms with Crippen molar-refractivity contribution in [3.63, 3.8) is 0 Å². The average Bonchev–Trinajstić information content (AvgIpc) is 2.07. The Morgan fingerprint density at radius 2 is 2.23 bits per heavy atom. The van der Waals surface area contributed by atoms with E-state index in [0.29, 0.717) is 12.8 Å². The van der Waals surface area contributed by atoms with Crippen LogP contribution in [0.25, 0.3) is 0 Å². The van der Waals surface area contributed by atoms with Gasteiger partial charge < -0.3 is 5.11 Å². The van der Waals surface area contributed by atoms with Gasteiger partial charge in [0.15, 0.2) is 0 Å². The maximum Gasteiger partial charge on any atom is 0.303 e. The molecule has 1 atom stereocenters. The molecule has 0 aromatic rings. The number of ketones is 1. The highest BCUT2D eigenvalue weighted by Crippen LogP contribution is 2.36. The first-order chi connectivity index (χ1) is 6.04. The molecule has 0 unspecified atom stereocenters. The van der Waals surface area contributed by atoms with Crippen molar-refractivity contribution in [2.45, 2.75) is 45.4 Å². The van der Waals surface area contributed by atoms with Gasteiger partial charge >= 0.3 is 5.97 Å². The Labute approximate surface area is 78.1 Å². The molecule has 0 amide bonds. The first-order valence-electron chi connectivity index (χ1n) is 4.80. The van der Waals surface area contributed by atoms with Crippen LogP contribution in [-0.4, -0.2) is 16.9 Å². The monoisotopic (exact) mass is 184 g/mol. The number of carboxylic acids is 1. The number of aliphatic carboxylic acids is 1. The van der Waals surface area contributed by atoms with Crippen LogP contribution in [0.15, 0.2) is 0 Å². The number of carboxylic acid groups (broad SMARTS) is 1. The summed E-state index contributed by atoms with van der Waals surface area (Å²) in [5.74, 6) is -0.556. The molecule has 3 nitrogen and oxygen atoms in total. The van der Waals surface area contributed by atoms with Crippen molar-refractivity contribution in [3.8, 4) is 0 Å². The van der Waals surface area contributed by atoms with Gasteiger partial charge in [-0.3, -0.25) is 9.59 Å². The lowest BCUT2D eigenvalue weighted by Crippen LogP contribution is -2.31. The van der Waals surface area contributed by atoms with Crippen LogP contribution < -0.4 is 0 Å². The van der Waals surface area contributed by atoms with Gasteiger partial charge in [-0.05, 0) is 19.3 Å². The zero-order valence-corrected chi connectivity index (χ0v) is 8.01. The van der Waals surface area contributed by atoms with Gasteiger partial charge in [0.05, 0.1) is 0 Å². The molecule has 1 saturated carbocycles. The SMILES string of the molecule is C[C@@]1(CCC(=O)O)CCCCC1=O. The molecule has 0 saturated heterocycles. The number of carbonyl (C=O) groups excluding carboxylic acids is 1. The van der Waals surface area contributed by atoms with Crippen molar-refractivity contribution >= 4 is 11.8 Å². The Morgan fingerprint density at radius 1 is 1.54 bits per heavy atom. The number of hydrogen-bond donors (Lipinski definition) is 1. The third-order valence-electron chi connectivity index (χ3n) is 2.95. The maximum absolute atomic E-state index is 11.5. The predicted molar refractivity (Wildman–Crippen MR) is 48.5 cm³/mol. The van der Waals surface area contributed by atoms with Gasteiger partial charge in [-0.15, -0.1) is 0 Å². The molecule has 1 aliphatic carbocycles. The molecule has 0 aliphatic heterocycles. The van der Waals surface area contributed by atoms with Gasteiger partial charge in [-0.2, -0.15) is 0 Å². The van der Waals surface area contributed by atoms with Crippen molar-refractivity contribution in [2.24, 2.45) is 5.41 Å². The second-order valence-electron chi connectivity index (χ2n) is 4.08. The first-order valence-corrected chi connectivity index (χ1v) is 4.80. The summed E-state index contributed by atoms with van der Waals surface area (Å²) in [6.45, 7) is 1.90. The molecule has 0 spiro atoms. The van der Waals surface area contributed by atoms with E-state index in [1.54, 1.807) is 0 Å². The zero-order chi connectivity index (χ0) is 9.90. The predicted octanol–water partition coefficient (Wildman–Crippen LogP) is 2.00. The molecule has 3 heteroatoms. The highest BCUT2D eigenvalue weighted by molar-refractivity contribution is 5.85. The minimum absolute atomic E-state index is 0.113. The molecule has 0 aromatic carbocycles. The van der Waals surface area contributed by atoms with E-state index >= 15 is 0 Å². The van der Waals surface area contributed by atoms with E-state index in [9.17, 15) is 9.59 Å². The Kier molecular flexibility index (Phi) is 3.07. The second-order valence-corrected chi connectivity index (χ2v) is 4.08. The standard InChI is InChI=1S/C10H16O3/c1-10(7-5-9(12)13)6-3-2-4-8(10)11/h2-7H2,1H3,(H,12,13)/t10-/m0/s1. The van der Waals surface area contributed by atoms with Crippen molar-refractivity contribution in [1.29, 1.82) is 0 Å². The third-order valence-corrected chi connectivity index (χ3v) is 2.95. The number of carbonyl (C=O) groups is 2. The lowest BCUT2D eigenvalue weighted by atomic mass is 9.72. The normalized spacial score (nSPS) is 28.8. The number of rotatable bonds is 3. The molecular weight excluding hydrogens is 168 g/mol. The Balaban J connectivity index is 2.51. The van der Waals surface area contributed by atoms with Crippen LogP contribution in [0.1, 0.15) is 45.4 Å². The van der Waals surface area contributed by atoms with E-state index in [1.807, 2.05) is 6.92 Å². The second kappa shape index (κ2) is 3.90. The van der Waals surface area contributed by atoms with Crippen molar-refractivity contribution in [3.05, 3.63) is 0 Å². The fourth-order valence-electron chi connectivity index (χ4n) is 1.89. The Morgan fingerprint density at radius 3 is 2.77 bits per heavy atom. The first kappa shape index (κ1) is 10.2. The van der Waals surface area contributed by atoms with E-state index in [2.05, 4.69) is 0 Å². The van der Waals surface area contributed by atoms with Crippen LogP contribution in [0.2, 0.25) is 0 Å². The van der Waals surface area contributed by atoms with Crippen molar-refractivity contribution in [2.75, 3.05) is 0 Å². The van der Waals surface area contributed by atoms with Crippen LogP contribution in [0.4, 0.5) is 0 Å². The van der Waals surface area contributed by atoms with E-state index in [-0.39, 0.29) is 17.6 Å². The van der Waals surface area contributed by atoms with Crippen molar-refractivity contribution < 1.29 is 14.7 Å². The molecule has 1 N–H and O–H groups in total. The summed E-state index contributed by atoms with van der Waals surface area (Å²) >= 11 is 0. The van der Waals surface area contributed by atoms with Crippen LogP contribution in [0.5, 0.6) is 0 Å². The smallest absolute Gasteiger partial charge is 0.303 e. The van der Waals surface area contributed by atoms with E-state index < -0.39 is 5.97 Å². The van der Waals surface area contributed by atoms with Gasteiger partial charge in [0.2, 0.25) is 0 Å². The van der Waals surface area contributed by atoms with Gasteiger partial charge in [0.25, 0.3) is 0 Å². The Bertz CT molecular complexity index is 222. The quantitative estimate of drug-likeness (QED) is 0.729. The van der Waals surface area contributed by atoms with E-state index in [1.165, 1.54) is 0 Å². The number of hydrogen-bond acceptors (Lipinski definition) is 2. The van der Waals surface area contributed by atoms with E-state index in [0.717, 1.165) is 19.3 Å². The lowest BCUT2D eigenvalue weighted by Gasteiger charge is -2.31. The molecule has 0 bridgehead atoms. The zero-order valence-electron chi connectivity index (χ0n) is 8.01. The fourth-order valence-corrected chi connectivity index (χ4v) is 1.89. The topological polar surface area (TPSA) is 54.4 Å². The summed E-state index contributed by atoms with van der Waals surface area (Å²) in [5.41, 5.74) is -0.351. The molecule has 1 aliphatic rings. The minimum atomic E-state index is -0.806. The molecule has 74 valence electrons. The van der Waals surface area contributed by atoms with Gasteiger partial charge in [-0.25, -0.2) is 0 Å². The summed E-state index contributed by atoms with van der Waals surface area (Å²) in [6.07, 6.45) is 4.14. The molecular formula is C10H16O3. The molecule has 13 heavy (non-hydrogen) atoms. The maximum atomic E-state index is 11.5. The number of Topliss-reactive ketones (excluding diaryl/α,β-unsaturated/α-hetero) is 1. The lowest BCUT2D eigenvalue weighted by molar-refractivity contribution is -0.138. The fraction of sp³-hybridized carbons (Fsp3) is 0.800. The summed E-state index contributed by atoms with van der Waals surface area (Å²) in [7, 11) is 0. The highest BCUT2D eigenvalue weighted by Gasteiger charge is 2.34. The summed E-state index contributed by atoms with van der Waals surface area (Å²) in [4.78, 5) is 21.9. The van der Waals surface area contributed by atoms with Crippen LogP contribution in [0, 0.1) is 5.41 Å². The Hall–Kier alpha value is -0.860. The summed E-state index contributed by atoms with van der Waals surface area (Å²) < 4.78 is 0. The van der Waals surface area contributed by atoms with Crippen LogP contribution in [0.3, 0.4) is 0 Å². The largest absolute Gasteiger partial charge is 0.481 e.